The Balaban J connectivity index is 1.68. The first-order chi connectivity index (χ1) is 11.7. The van der Waals surface area contributed by atoms with Gasteiger partial charge in [-0.15, -0.1) is 0 Å². The lowest BCUT2D eigenvalue weighted by molar-refractivity contribution is -0.141. The Kier molecular flexibility index (Phi) is 3.95. The van der Waals surface area contributed by atoms with Gasteiger partial charge in [0.2, 0.25) is 0 Å². The highest BCUT2D eigenvalue weighted by molar-refractivity contribution is 5.48. The van der Waals surface area contributed by atoms with Gasteiger partial charge < -0.3 is 9.64 Å². The Morgan fingerprint density at radius 2 is 2.12 bits per heavy atom. The molecule has 130 valence electrons. The van der Waals surface area contributed by atoms with E-state index >= 15 is 0 Å². The van der Waals surface area contributed by atoms with Crippen LogP contribution in [0.4, 0.5) is 5.82 Å². The molecule has 0 radical (unpaired) electrons. The fourth-order valence-electron chi connectivity index (χ4n) is 4.89. The molecule has 2 aromatic rings. The van der Waals surface area contributed by atoms with Crippen molar-refractivity contribution in [2.75, 3.05) is 18.6 Å². The number of anilines is 1. The van der Waals surface area contributed by atoms with E-state index < -0.39 is 0 Å². The van der Waals surface area contributed by atoms with Gasteiger partial charge in [-0.1, -0.05) is 19.3 Å². The summed E-state index contributed by atoms with van der Waals surface area (Å²) in [5, 5.41) is 4.38. The smallest absolute Gasteiger partial charge is 0.254 e. The first kappa shape index (κ1) is 15.8. The molecule has 2 aromatic heterocycles. The van der Waals surface area contributed by atoms with E-state index in [4.69, 9.17) is 4.74 Å². The zero-order chi connectivity index (χ0) is 16.7. The number of aromatic nitrogens is 4. The minimum Gasteiger partial charge on any atom is -0.378 e. The van der Waals surface area contributed by atoms with E-state index in [2.05, 4.69) is 40.0 Å². The number of rotatable bonds is 4. The molecule has 2 atom stereocenters. The average molecular weight is 329 g/mol. The van der Waals surface area contributed by atoms with E-state index in [1.165, 1.54) is 32.1 Å². The van der Waals surface area contributed by atoms with Crippen molar-refractivity contribution in [2.45, 2.75) is 64.5 Å². The molecule has 0 N–H and O–H groups in total. The van der Waals surface area contributed by atoms with Gasteiger partial charge in [0.15, 0.2) is 0 Å². The van der Waals surface area contributed by atoms with E-state index in [0.717, 1.165) is 24.5 Å². The maximum Gasteiger partial charge on any atom is 0.254 e. The van der Waals surface area contributed by atoms with Gasteiger partial charge in [-0.05, 0) is 33.1 Å². The van der Waals surface area contributed by atoms with Crippen LogP contribution < -0.4 is 4.90 Å². The van der Waals surface area contributed by atoms with Gasteiger partial charge in [-0.2, -0.15) is 14.6 Å². The van der Waals surface area contributed by atoms with E-state index in [1.54, 1.807) is 6.33 Å². The van der Waals surface area contributed by atoms with Crippen LogP contribution in [0.2, 0.25) is 0 Å². The molecule has 6 nitrogen and oxygen atoms in total. The largest absolute Gasteiger partial charge is 0.378 e. The standard InChI is InChI=1S/C18H27N5O/c1-4-24-15-11-14(18(15)8-6-5-7-9-18)22(3)16-10-13(2)21-17-19-12-20-23(16)17/h10,12,14-15H,4-9,11H2,1-3H3. The molecule has 6 heteroatoms. The lowest BCUT2D eigenvalue weighted by Crippen LogP contribution is -2.65. The van der Waals surface area contributed by atoms with Gasteiger partial charge in [-0.3, -0.25) is 0 Å². The van der Waals surface area contributed by atoms with Crippen molar-refractivity contribution in [2.24, 2.45) is 5.41 Å². The molecule has 2 saturated carbocycles. The predicted octanol–water partition coefficient (Wildman–Crippen LogP) is 3.00. The van der Waals surface area contributed by atoms with Crippen LogP contribution in [0.1, 0.15) is 51.1 Å². The molecule has 0 bridgehead atoms. The predicted molar refractivity (Wildman–Crippen MR) is 93.3 cm³/mol. The molecule has 2 unspecified atom stereocenters. The summed E-state index contributed by atoms with van der Waals surface area (Å²) in [5.74, 6) is 1.76. The second-order valence-electron chi connectivity index (χ2n) is 7.33. The lowest BCUT2D eigenvalue weighted by atomic mass is 9.54. The van der Waals surface area contributed by atoms with Crippen LogP contribution in [-0.4, -0.2) is 45.4 Å². The Labute approximate surface area is 143 Å². The van der Waals surface area contributed by atoms with Gasteiger partial charge in [-0.25, -0.2) is 4.98 Å². The SMILES string of the molecule is CCOC1CC(N(C)c2cc(C)nc3ncnn23)C12CCCCC2. The maximum atomic E-state index is 6.11. The number of ether oxygens (including phenoxy) is 1. The van der Waals surface area contributed by atoms with Crippen LogP contribution in [0, 0.1) is 12.3 Å². The summed E-state index contributed by atoms with van der Waals surface area (Å²) >= 11 is 0. The van der Waals surface area contributed by atoms with Gasteiger partial charge in [0.25, 0.3) is 5.78 Å². The number of fused-ring (bicyclic) bond motifs is 1. The normalized spacial score (nSPS) is 25.8. The topological polar surface area (TPSA) is 55.5 Å². The molecule has 1 spiro atoms. The third-order valence-corrected chi connectivity index (χ3v) is 6.08. The molecule has 2 aliphatic rings. The Morgan fingerprint density at radius 1 is 1.33 bits per heavy atom. The third kappa shape index (κ3) is 2.31. The maximum absolute atomic E-state index is 6.11. The highest BCUT2D eigenvalue weighted by Crippen LogP contribution is 2.55. The number of nitrogens with zero attached hydrogens (tertiary/aromatic N) is 5. The van der Waals surface area contributed by atoms with Crippen LogP contribution in [0.3, 0.4) is 0 Å². The van der Waals surface area contributed by atoms with Crippen LogP contribution in [0.25, 0.3) is 5.78 Å². The van der Waals surface area contributed by atoms with Crippen molar-refractivity contribution < 1.29 is 4.74 Å². The monoisotopic (exact) mass is 329 g/mol. The van der Waals surface area contributed by atoms with E-state index in [1.807, 2.05) is 11.4 Å². The highest BCUT2D eigenvalue weighted by Gasteiger charge is 2.57. The second kappa shape index (κ2) is 5.99. The van der Waals surface area contributed by atoms with Crippen LogP contribution in [0.5, 0.6) is 0 Å². The van der Waals surface area contributed by atoms with Crippen molar-refractivity contribution in [3.63, 3.8) is 0 Å². The zero-order valence-corrected chi connectivity index (χ0v) is 14.9. The van der Waals surface area contributed by atoms with Gasteiger partial charge in [0, 0.05) is 36.9 Å². The van der Waals surface area contributed by atoms with Crippen molar-refractivity contribution in [1.29, 1.82) is 0 Å². The molecule has 2 heterocycles. The molecule has 0 aliphatic heterocycles. The summed E-state index contributed by atoms with van der Waals surface area (Å²) < 4.78 is 7.97. The minimum atomic E-state index is 0.299. The van der Waals surface area contributed by atoms with Crippen LogP contribution in [-0.2, 0) is 4.74 Å². The summed E-state index contributed by atoms with van der Waals surface area (Å²) in [6.45, 7) is 4.94. The fourth-order valence-corrected chi connectivity index (χ4v) is 4.89. The molecule has 24 heavy (non-hydrogen) atoms. The molecular formula is C18H27N5O. The summed E-state index contributed by atoms with van der Waals surface area (Å²) in [7, 11) is 2.19. The number of hydrogen-bond donors (Lipinski definition) is 0. The molecule has 2 aliphatic carbocycles. The molecule has 0 aromatic carbocycles. The van der Waals surface area contributed by atoms with Crippen molar-refractivity contribution in [1.82, 2.24) is 19.6 Å². The highest BCUT2D eigenvalue weighted by atomic mass is 16.5. The van der Waals surface area contributed by atoms with E-state index in [-0.39, 0.29) is 0 Å². The Morgan fingerprint density at radius 3 is 2.88 bits per heavy atom. The molecular weight excluding hydrogens is 302 g/mol. The first-order valence-electron chi connectivity index (χ1n) is 9.17. The zero-order valence-electron chi connectivity index (χ0n) is 14.9. The first-order valence-corrected chi connectivity index (χ1v) is 9.17. The summed E-state index contributed by atoms with van der Waals surface area (Å²) in [5.41, 5.74) is 1.28. The van der Waals surface area contributed by atoms with Gasteiger partial charge in [0.05, 0.1) is 6.10 Å². The lowest BCUT2D eigenvalue weighted by Gasteiger charge is -2.60. The van der Waals surface area contributed by atoms with Crippen LogP contribution in [0.15, 0.2) is 12.4 Å². The van der Waals surface area contributed by atoms with Crippen molar-refractivity contribution >= 4 is 11.6 Å². The molecule has 0 saturated heterocycles. The molecule has 0 amide bonds. The van der Waals surface area contributed by atoms with Crippen molar-refractivity contribution in [3.05, 3.63) is 18.1 Å². The number of aryl methyl sites for hydroxylation is 1. The quantitative estimate of drug-likeness (QED) is 0.863. The average Bonchev–Trinajstić information content (AvgIpc) is 3.06. The van der Waals surface area contributed by atoms with Gasteiger partial charge >= 0.3 is 0 Å². The summed E-state index contributed by atoms with van der Waals surface area (Å²) in [6.07, 6.45) is 9.64. The van der Waals surface area contributed by atoms with Crippen LogP contribution >= 0.6 is 0 Å². The Bertz CT molecular complexity index is 721. The minimum absolute atomic E-state index is 0.299. The summed E-state index contributed by atoms with van der Waals surface area (Å²) in [6, 6.07) is 2.62. The molecule has 2 fully saturated rings. The van der Waals surface area contributed by atoms with E-state index in [9.17, 15) is 0 Å². The Hall–Kier alpha value is -1.69. The second-order valence-corrected chi connectivity index (χ2v) is 7.33. The fraction of sp³-hybridized carbons (Fsp3) is 0.722. The third-order valence-electron chi connectivity index (χ3n) is 6.08. The van der Waals surface area contributed by atoms with Crippen molar-refractivity contribution in [3.8, 4) is 0 Å². The number of hydrogen-bond acceptors (Lipinski definition) is 5. The van der Waals surface area contributed by atoms with E-state index in [0.29, 0.717) is 23.3 Å². The van der Waals surface area contributed by atoms with Gasteiger partial charge in [0.1, 0.15) is 12.1 Å². The summed E-state index contributed by atoms with van der Waals surface area (Å²) in [4.78, 5) is 11.1. The molecule has 4 rings (SSSR count).